The third kappa shape index (κ3) is 2.71. The van der Waals surface area contributed by atoms with Gasteiger partial charge in [-0.15, -0.1) is 0 Å². The maximum atomic E-state index is 11.5. The van der Waals surface area contributed by atoms with Crippen molar-refractivity contribution < 1.29 is 4.79 Å². The van der Waals surface area contributed by atoms with Gasteiger partial charge in [0, 0.05) is 31.0 Å². The Bertz CT molecular complexity index is 284. The first-order valence-corrected chi connectivity index (χ1v) is 6.93. The maximum Gasteiger partial charge on any atom is 0.134 e. The smallest absolute Gasteiger partial charge is 0.134 e. The highest BCUT2D eigenvalue weighted by atomic mass is 16.1. The molecule has 2 aliphatic rings. The largest absolute Gasteiger partial charge is 0.302 e. The number of rotatable bonds is 4. The predicted octanol–water partition coefficient (Wildman–Crippen LogP) is 1.91. The molecule has 2 saturated carbocycles. The Hall–Kier alpha value is -0.410. The molecule has 0 aromatic heterocycles. The van der Waals surface area contributed by atoms with Crippen molar-refractivity contribution in [2.24, 2.45) is 0 Å². The van der Waals surface area contributed by atoms with E-state index in [1.165, 1.54) is 25.7 Å². The first-order chi connectivity index (χ1) is 8.03. The lowest BCUT2D eigenvalue weighted by molar-refractivity contribution is -0.122. The average molecular weight is 238 g/mol. The molecule has 0 amide bonds. The molecule has 0 N–H and O–H groups in total. The lowest BCUT2D eigenvalue weighted by atomic mass is 9.75. The first-order valence-electron chi connectivity index (χ1n) is 6.93. The van der Waals surface area contributed by atoms with Crippen LogP contribution in [0.3, 0.4) is 0 Å². The topological polar surface area (TPSA) is 23.6 Å². The van der Waals surface area contributed by atoms with Gasteiger partial charge in [-0.05, 0) is 53.2 Å². The Labute approximate surface area is 105 Å². The SMILES string of the molecule is CN(CC1(N(C)C)CCC1)C1CCCC(=O)C1. The normalized spacial score (nSPS) is 28.5. The second-order valence-electron chi connectivity index (χ2n) is 6.18. The monoisotopic (exact) mass is 238 g/mol. The summed E-state index contributed by atoms with van der Waals surface area (Å²) in [7, 11) is 6.59. The molecule has 2 aliphatic carbocycles. The Balaban J connectivity index is 1.91. The minimum atomic E-state index is 0.384. The molecular weight excluding hydrogens is 212 g/mol. The van der Waals surface area contributed by atoms with Crippen molar-refractivity contribution in [3.05, 3.63) is 0 Å². The van der Waals surface area contributed by atoms with Crippen molar-refractivity contribution in [2.75, 3.05) is 27.7 Å². The molecule has 1 unspecified atom stereocenters. The van der Waals surface area contributed by atoms with Gasteiger partial charge in [-0.3, -0.25) is 4.79 Å². The van der Waals surface area contributed by atoms with E-state index in [-0.39, 0.29) is 0 Å². The molecular formula is C14H26N2O. The zero-order valence-corrected chi connectivity index (χ0v) is 11.5. The van der Waals surface area contributed by atoms with Gasteiger partial charge in [-0.1, -0.05) is 0 Å². The van der Waals surface area contributed by atoms with Gasteiger partial charge in [0.1, 0.15) is 5.78 Å². The van der Waals surface area contributed by atoms with Gasteiger partial charge in [0.25, 0.3) is 0 Å². The summed E-state index contributed by atoms with van der Waals surface area (Å²) in [5.74, 6) is 0.459. The van der Waals surface area contributed by atoms with Crippen LogP contribution in [0.5, 0.6) is 0 Å². The Morgan fingerprint density at radius 3 is 2.41 bits per heavy atom. The summed E-state index contributed by atoms with van der Waals surface area (Å²) < 4.78 is 0. The fraction of sp³-hybridized carbons (Fsp3) is 0.929. The van der Waals surface area contributed by atoms with Crippen LogP contribution in [0.4, 0.5) is 0 Å². The van der Waals surface area contributed by atoms with E-state index in [1.54, 1.807) is 0 Å². The summed E-state index contributed by atoms with van der Waals surface area (Å²) in [5.41, 5.74) is 0.384. The highest BCUT2D eigenvalue weighted by Crippen LogP contribution is 2.37. The van der Waals surface area contributed by atoms with E-state index in [1.807, 2.05) is 0 Å². The van der Waals surface area contributed by atoms with E-state index in [9.17, 15) is 4.79 Å². The molecule has 0 aliphatic heterocycles. The van der Waals surface area contributed by atoms with Crippen molar-refractivity contribution >= 4 is 5.78 Å². The van der Waals surface area contributed by atoms with E-state index in [2.05, 4.69) is 30.9 Å². The van der Waals surface area contributed by atoms with E-state index < -0.39 is 0 Å². The molecule has 98 valence electrons. The summed E-state index contributed by atoms with van der Waals surface area (Å²) in [4.78, 5) is 16.4. The average Bonchev–Trinajstić information content (AvgIpc) is 2.22. The van der Waals surface area contributed by atoms with Crippen molar-refractivity contribution in [3.8, 4) is 0 Å². The number of carbonyl (C=O) groups is 1. The van der Waals surface area contributed by atoms with Gasteiger partial charge in [0.15, 0.2) is 0 Å². The number of ketones is 1. The number of likely N-dealkylation sites (N-methyl/N-ethyl adjacent to an activating group) is 2. The van der Waals surface area contributed by atoms with Crippen LogP contribution in [0.25, 0.3) is 0 Å². The molecule has 0 bridgehead atoms. The van der Waals surface area contributed by atoms with E-state index in [0.717, 1.165) is 25.8 Å². The second-order valence-corrected chi connectivity index (χ2v) is 6.18. The van der Waals surface area contributed by atoms with Gasteiger partial charge >= 0.3 is 0 Å². The molecule has 0 heterocycles. The Kier molecular flexibility index (Phi) is 3.88. The predicted molar refractivity (Wildman–Crippen MR) is 70.2 cm³/mol. The zero-order valence-electron chi connectivity index (χ0n) is 11.5. The van der Waals surface area contributed by atoms with E-state index in [0.29, 0.717) is 17.4 Å². The van der Waals surface area contributed by atoms with Gasteiger partial charge in [0.05, 0.1) is 0 Å². The summed E-state index contributed by atoms with van der Waals surface area (Å²) in [6.07, 6.45) is 7.85. The van der Waals surface area contributed by atoms with Crippen LogP contribution in [0.2, 0.25) is 0 Å². The van der Waals surface area contributed by atoms with Crippen molar-refractivity contribution in [2.45, 2.75) is 56.5 Å². The van der Waals surface area contributed by atoms with Crippen LogP contribution in [0.1, 0.15) is 44.9 Å². The molecule has 2 rings (SSSR count). The van der Waals surface area contributed by atoms with Gasteiger partial charge < -0.3 is 9.80 Å². The molecule has 0 saturated heterocycles. The minimum Gasteiger partial charge on any atom is -0.302 e. The molecule has 0 aromatic carbocycles. The molecule has 2 fully saturated rings. The summed E-state index contributed by atoms with van der Waals surface area (Å²) in [6.45, 7) is 1.12. The van der Waals surface area contributed by atoms with Gasteiger partial charge in [-0.25, -0.2) is 0 Å². The number of hydrogen-bond donors (Lipinski definition) is 0. The lowest BCUT2D eigenvalue weighted by Gasteiger charge is -2.50. The zero-order chi connectivity index (χ0) is 12.5. The standard InChI is InChI=1S/C14H26N2O/c1-15(2)14(8-5-9-14)11-16(3)12-6-4-7-13(17)10-12/h12H,4-11H2,1-3H3. The third-order valence-corrected chi connectivity index (χ3v) is 4.86. The van der Waals surface area contributed by atoms with Crippen molar-refractivity contribution in [3.63, 3.8) is 0 Å². The summed E-state index contributed by atoms with van der Waals surface area (Å²) >= 11 is 0. The number of carbonyl (C=O) groups excluding carboxylic acids is 1. The Morgan fingerprint density at radius 2 is 1.94 bits per heavy atom. The van der Waals surface area contributed by atoms with E-state index in [4.69, 9.17) is 0 Å². The summed E-state index contributed by atoms with van der Waals surface area (Å²) in [5, 5.41) is 0. The fourth-order valence-corrected chi connectivity index (χ4v) is 3.30. The highest BCUT2D eigenvalue weighted by molar-refractivity contribution is 5.79. The third-order valence-electron chi connectivity index (χ3n) is 4.86. The highest BCUT2D eigenvalue weighted by Gasteiger charge is 2.41. The molecule has 0 radical (unpaired) electrons. The molecule has 0 aromatic rings. The molecule has 3 nitrogen and oxygen atoms in total. The molecule has 3 heteroatoms. The van der Waals surface area contributed by atoms with E-state index >= 15 is 0 Å². The minimum absolute atomic E-state index is 0.384. The van der Waals surface area contributed by atoms with Crippen LogP contribution < -0.4 is 0 Å². The van der Waals surface area contributed by atoms with Gasteiger partial charge in [0.2, 0.25) is 0 Å². The second kappa shape index (κ2) is 5.07. The van der Waals surface area contributed by atoms with Crippen LogP contribution >= 0.6 is 0 Å². The Morgan fingerprint density at radius 1 is 1.24 bits per heavy atom. The van der Waals surface area contributed by atoms with Crippen LogP contribution in [-0.2, 0) is 4.79 Å². The number of Topliss-reactive ketones (excluding diaryl/α,β-unsaturated/α-hetero) is 1. The maximum absolute atomic E-state index is 11.5. The van der Waals surface area contributed by atoms with Crippen molar-refractivity contribution in [1.29, 1.82) is 0 Å². The first kappa shape index (κ1) is 13.0. The van der Waals surface area contributed by atoms with Crippen molar-refractivity contribution in [1.82, 2.24) is 9.80 Å². The quantitative estimate of drug-likeness (QED) is 0.747. The summed E-state index contributed by atoms with van der Waals surface area (Å²) in [6, 6.07) is 0.494. The van der Waals surface area contributed by atoms with Crippen LogP contribution in [0.15, 0.2) is 0 Å². The molecule has 1 atom stereocenters. The van der Waals surface area contributed by atoms with Gasteiger partial charge in [-0.2, -0.15) is 0 Å². The number of nitrogens with zero attached hydrogens (tertiary/aromatic N) is 2. The van der Waals surface area contributed by atoms with Crippen LogP contribution in [-0.4, -0.2) is 54.9 Å². The fourth-order valence-electron chi connectivity index (χ4n) is 3.30. The molecule has 17 heavy (non-hydrogen) atoms. The van der Waals surface area contributed by atoms with Crippen LogP contribution in [0, 0.1) is 0 Å². The number of hydrogen-bond acceptors (Lipinski definition) is 3. The molecule has 0 spiro atoms. The lowest BCUT2D eigenvalue weighted by Crippen LogP contribution is -2.58.